The minimum Gasteiger partial charge on any atom is -0.481 e. The van der Waals surface area contributed by atoms with Crippen LogP contribution in [0.25, 0.3) is 0 Å². The van der Waals surface area contributed by atoms with Crippen LogP contribution >= 0.6 is 0 Å². The fourth-order valence-electron chi connectivity index (χ4n) is 2.47. The largest absolute Gasteiger partial charge is 0.481 e. The van der Waals surface area contributed by atoms with Crippen LogP contribution in [0.15, 0.2) is 18.2 Å². The number of nitrogens with zero attached hydrogens (tertiary/aromatic N) is 1. The summed E-state index contributed by atoms with van der Waals surface area (Å²) in [7, 11) is 0. The summed E-state index contributed by atoms with van der Waals surface area (Å²) in [5.74, 6) is -1.55. The Morgan fingerprint density at radius 2 is 2.11 bits per heavy atom. The quantitative estimate of drug-likeness (QED) is 0.890. The van der Waals surface area contributed by atoms with Gasteiger partial charge in [0.1, 0.15) is 5.82 Å². The van der Waals surface area contributed by atoms with Gasteiger partial charge in [-0.05, 0) is 44.0 Å². The molecular weight excluding hydrogens is 245 g/mol. The Hall–Kier alpha value is -1.42. The molecule has 1 atom stereocenters. The lowest BCUT2D eigenvalue weighted by Gasteiger charge is -2.15. The van der Waals surface area contributed by atoms with E-state index in [0.29, 0.717) is 18.5 Å². The molecule has 2 rings (SSSR count). The molecule has 0 saturated carbocycles. The summed E-state index contributed by atoms with van der Waals surface area (Å²) in [6, 6.07) is 5.11. The lowest BCUT2D eigenvalue weighted by molar-refractivity contribution is -0.141. The highest BCUT2D eigenvalue weighted by Crippen LogP contribution is 2.18. The molecule has 1 saturated heterocycles. The first-order valence-electron chi connectivity index (χ1n) is 6.78. The Morgan fingerprint density at radius 3 is 2.68 bits per heavy atom. The number of likely N-dealkylation sites (tertiary alicyclic amines) is 1. The molecule has 1 aliphatic rings. The molecule has 1 heterocycles. The van der Waals surface area contributed by atoms with E-state index in [1.807, 2.05) is 6.07 Å². The van der Waals surface area contributed by atoms with Gasteiger partial charge >= 0.3 is 5.97 Å². The number of carboxylic acids is 1. The molecule has 1 fully saturated rings. The van der Waals surface area contributed by atoms with Crippen LogP contribution in [0.2, 0.25) is 0 Å². The Balaban J connectivity index is 2.01. The number of hydrogen-bond acceptors (Lipinski definition) is 2. The monoisotopic (exact) mass is 265 g/mol. The molecule has 0 aliphatic carbocycles. The average Bonchev–Trinajstić information content (AvgIpc) is 2.85. The molecule has 1 unspecified atom stereocenters. The van der Waals surface area contributed by atoms with Crippen molar-refractivity contribution in [1.29, 1.82) is 0 Å². The van der Waals surface area contributed by atoms with Crippen molar-refractivity contribution in [2.75, 3.05) is 13.1 Å². The summed E-state index contributed by atoms with van der Waals surface area (Å²) < 4.78 is 14.0. The van der Waals surface area contributed by atoms with Crippen molar-refractivity contribution in [2.24, 2.45) is 5.92 Å². The van der Waals surface area contributed by atoms with E-state index in [9.17, 15) is 9.18 Å². The Kier molecular flexibility index (Phi) is 4.53. The summed E-state index contributed by atoms with van der Waals surface area (Å²) in [6.45, 7) is 4.37. The van der Waals surface area contributed by atoms with Crippen molar-refractivity contribution in [3.05, 3.63) is 35.1 Å². The van der Waals surface area contributed by atoms with Crippen molar-refractivity contribution in [2.45, 2.75) is 32.7 Å². The predicted octanol–water partition coefficient (Wildman–Crippen LogP) is 2.68. The molecule has 3 nitrogen and oxygen atoms in total. The maximum absolute atomic E-state index is 14.0. The second-order valence-corrected chi connectivity index (χ2v) is 5.35. The third-order valence-electron chi connectivity index (χ3n) is 3.67. The van der Waals surface area contributed by atoms with Crippen LogP contribution in [0.5, 0.6) is 0 Å². The molecule has 0 spiro atoms. The van der Waals surface area contributed by atoms with Gasteiger partial charge in [0, 0.05) is 12.1 Å². The first-order chi connectivity index (χ1) is 9.06. The third-order valence-corrected chi connectivity index (χ3v) is 3.67. The topological polar surface area (TPSA) is 40.5 Å². The van der Waals surface area contributed by atoms with Crippen molar-refractivity contribution >= 4 is 5.97 Å². The van der Waals surface area contributed by atoms with Crippen LogP contribution in [-0.4, -0.2) is 29.1 Å². The summed E-state index contributed by atoms with van der Waals surface area (Å²) in [5.41, 5.74) is 1.45. The zero-order valence-corrected chi connectivity index (χ0v) is 11.2. The van der Waals surface area contributed by atoms with Crippen LogP contribution in [0.4, 0.5) is 4.39 Å². The van der Waals surface area contributed by atoms with Crippen LogP contribution in [0.3, 0.4) is 0 Å². The number of hydrogen-bond donors (Lipinski definition) is 1. The number of halogens is 1. The number of benzene rings is 1. The van der Waals surface area contributed by atoms with Crippen molar-refractivity contribution in [3.63, 3.8) is 0 Å². The Labute approximate surface area is 113 Å². The number of carboxylic acid groups (broad SMARTS) is 1. The summed E-state index contributed by atoms with van der Waals surface area (Å²) in [4.78, 5) is 13.0. The van der Waals surface area contributed by atoms with Gasteiger partial charge in [0.25, 0.3) is 0 Å². The number of aliphatic carboxylic acids is 1. The van der Waals surface area contributed by atoms with E-state index in [4.69, 9.17) is 5.11 Å². The molecule has 1 aromatic rings. The van der Waals surface area contributed by atoms with Gasteiger partial charge in [0.15, 0.2) is 0 Å². The molecule has 4 heteroatoms. The van der Waals surface area contributed by atoms with E-state index in [1.165, 1.54) is 18.9 Å². The van der Waals surface area contributed by atoms with E-state index in [2.05, 4.69) is 4.90 Å². The van der Waals surface area contributed by atoms with E-state index >= 15 is 0 Å². The van der Waals surface area contributed by atoms with Crippen LogP contribution in [-0.2, 0) is 17.8 Å². The van der Waals surface area contributed by atoms with Gasteiger partial charge in [0.05, 0.1) is 5.92 Å². The van der Waals surface area contributed by atoms with Crippen molar-refractivity contribution in [1.82, 2.24) is 4.90 Å². The molecule has 1 aliphatic heterocycles. The maximum atomic E-state index is 14.0. The SMILES string of the molecule is CC(Cc1ccc(CN2CCCC2)c(F)c1)C(=O)O. The molecular formula is C15H20FNO2. The van der Waals surface area contributed by atoms with E-state index in [-0.39, 0.29) is 5.82 Å². The molecule has 104 valence electrons. The Bertz CT molecular complexity index is 455. The second kappa shape index (κ2) is 6.15. The highest BCUT2D eigenvalue weighted by Gasteiger charge is 2.16. The minimum atomic E-state index is -0.846. The highest BCUT2D eigenvalue weighted by atomic mass is 19.1. The first kappa shape index (κ1) is 14.0. The molecule has 0 radical (unpaired) electrons. The molecule has 1 N–H and O–H groups in total. The van der Waals surface area contributed by atoms with Gasteiger partial charge < -0.3 is 5.11 Å². The normalized spacial score (nSPS) is 17.6. The van der Waals surface area contributed by atoms with Crippen LogP contribution < -0.4 is 0 Å². The van der Waals surface area contributed by atoms with E-state index in [1.54, 1.807) is 13.0 Å². The summed E-state index contributed by atoms with van der Waals surface area (Å²) in [5, 5.41) is 8.86. The molecule has 0 amide bonds. The fraction of sp³-hybridized carbons (Fsp3) is 0.533. The molecule has 19 heavy (non-hydrogen) atoms. The lowest BCUT2D eigenvalue weighted by atomic mass is 10.00. The first-order valence-corrected chi connectivity index (χ1v) is 6.78. The molecule has 1 aromatic carbocycles. The lowest BCUT2D eigenvalue weighted by Crippen LogP contribution is -2.19. The second-order valence-electron chi connectivity index (χ2n) is 5.35. The third kappa shape index (κ3) is 3.77. The fourth-order valence-corrected chi connectivity index (χ4v) is 2.47. The van der Waals surface area contributed by atoms with E-state index in [0.717, 1.165) is 18.7 Å². The Morgan fingerprint density at radius 1 is 1.42 bits per heavy atom. The van der Waals surface area contributed by atoms with Gasteiger partial charge in [-0.15, -0.1) is 0 Å². The van der Waals surface area contributed by atoms with Gasteiger partial charge in [-0.3, -0.25) is 9.69 Å². The molecule has 0 aromatic heterocycles. The van der Waals surface area contributed by atoms with Gasteiger partial charge in [-0.1, -0.05) is 19.1 Å². The highest BCUT2D eigenvalue weighted by molar-refractivity contribution is 5.69. The maximum Gasteiger partial charge on any atom is 0.306 e. The predicted molar refractivity (Wildman–Crippen MR) is 71.4 cm³/mol. The smallest absolute Gasteiger partial charge is 0.306 e. The number of carbonyl (C=O) groups is 1. The number of rotatable bonds is 5. The standard InChI is InChI=1S/C15H20FNO2/c1-11(15(18)19)8-12-4-5-13(14(16)9-12)10-17-6-2-3-7-17/h4-5,9,11H,2-3,6-8,10H2,1H3,(H,18,19). The zero-order valence-electron chi connectivity index (χ0n) is 11.2. The van der Waals surface area contributed by atoms with Crippen molar-refractivity contribution < 1.29 is 14.3 Å². The molecule has 0 bridgehead atoms. The van der Waals surface area contributed by atoms with Gasteiger partial charge in [-0.25, -0.2) is 4.39 Å². The van der Waals surface area contributed by atoms with Crippen LogP contribution in [0.1, 0.15) is 30.9 Å². The van der Waals surface area contributed by atoms with Gasteiger partial charge in [-0.2, -0.15) is 0 Å². The average molecular weight is 265 g/mol. The van der Waals surface area contributed by atoms with Gasteiger partial charge in [0.2, 0.25) is 0 Å². The van der Waals surface area contributed by atoms with Crippen LogP contribution in [0, 0.1) is 11.7 Å². The zero-order chi connectivity index (χ0) is 13.8. The minimum absolute atomic E-state index is 0.220. The summed E-state index contributed by atoms with van der Waals surface area (Å²) >= 11 is 0. The van der Waals surface area contributed by atoms with Crippen molar-refractivity contribution in [3.8, 4) is 0 Å². The van der Waals surface area contributed by atoms with E-state index < -0.39 is 11.9 Å². The summed E-state index contributed by atoms with van der Waals surface area (Å²) in [6.07, 6.45) is 2.75.